The van der Waals surface area contributed by atoms with Crippen molar-refractivity contribution in [2.75, 3.05) is 0 Å². The maximum atomic E-state index is 5.80. The molecule has 6 heteroatoms. The van der Waals surface area contributed by atoms with E-state index >= 15 is 0 Å². The van der Waals surface area contributed by atoms with Gasteiger partial charge in [-0.25, -0.2) is 9.97 Å². The third kappa shape index (κ3) is 4.18. The summed E-state index contributed by atoms with van der Waals surface area (Å²) in [5.74, 6) is 1.73. The van der Waals surface area contributed by atoms with Crippen molar-refractivity contribution in [3.63, 3.8) is 0 Å². The molecule has 0 spiro atoms. The van der Waals surface area contributed by atoms with Crippen LogP contribution in [0.15, 0.2) is 48.5 Å². The fraction of sp³-hybridized carbons (Fsp3) is 0.273. The summed E-state index contributed by atoms with van der Waals surface area (Å²) in [6.45, 7) is 8.11. The molecular formula is C22H22N2O2S2. The molecular weight excluding hydrogens is 388 g/mol. The fourth-order valence-corrected chi connectivity index (χ4v) is 4.87. The summed E-state index contributed by atoms with van der Waals surface area (Å²) in [5, 5.41) is 1.93. The number of ether oxygens (including phenoxy) is 2. The van der Waals surface area contributed by atoms with Crippen molar-refractivity contribution in [2.24, 2.45) is 0 Å². The van der Waals surface area contributed by atoms with Crippen LogP contribution in [-0.2, 0) is 0 Å². The van der Waals surface area contributed by atoms with Gasteiger partial charge in [0.2, 0.25) is 0 Å². The smallest absolute Gasteiger partial charge is 0.155 e. The van der Waals surface area contributed by atoms with Crippen molar-refractivity contribution < 1.29 is 9.47 Å². The molecule has 0 atom stereocenters. The van der Waals surface area contributed by atoms with Crippen LogP contribution in [0, 0.1) is 0 Å². The van der Waals surface area contributed by atoms with Gasteiger partial charge in [-0.05, 0) is 52.0 Å². The Morgan fingerprint density at radius 2 is 1.11 bits per heavy atom. The Morgan fingerprint density at radius 1 is 0.679 bits per heavy atom. The van der Waals surface area contributed by atoms with Crippen LogP contribution in [0.1, 0.15) is 27.7 Å². The van der Waals surface area contributed by atoms with Crippen molar-refractivity contribution in [1.29, 1.82) is 0 Å². The number of rotatable bonds is 6. The first-order chi connectivity index (χ1) is 13.5. The summed E-state index contributed by atoms with van der Waals surface area (Å²) < 4.78 is 11.6. The van der Waals surface area contributed by atoms with Crippen molar-refractivity contribution in [3.05, 3.63) is 48.5 Å². The Labute approximate surface area is 172 Å². The molecule has 0 aliphatic heterocycles. The largest absolute Gasteiger partial charge is 0.491 e. The molecule has 0 aliphatic carbocycles. The van der Waals surface area contributed by atoms with Crippen molar-refractivity contribution >= 4 is 32.3 Å². The molecule has 0 fully saturated rings. The standard InChI is InChI=1S/C22H22N2O2S2/c1-13(2)25-17-9-5-7-15(11-17)19-23-21-22(27-19)24-20(28-21)16-8-6-10-18(12-16)26-14(3)4/h5-14H,1-4H3. The van der Waals surface area contributed by atoms with E-state index in [1.165, 1.54) is 0 Å². The number of aromatic nitrogens is 2. The summed E-state index contributed by atoms with van der Waals surface area (Å²) in [4.78, 5) is 11.5. The van der Waals surface area contributed by atoms with Gasteiger partial charge < -0.3 is 9.47 Å². The van der Waals surface area contributed by atoms with E-state index in [1.54, 1.807) is 22.7 Å². The lowest BCUT2D eigenvalue weighted by molar-refractivity contribution is 0.242. The predicted octanol–water partition coefficient (Wildman–Crippen LogP) is 6.66. The molecule has 4 aromatic rings. The van der Waals surface area contributed by atoms with Crippen molar-refractivity contribution in [3.8, 4) is 32.6 Å². The van der Waals surface area contributed by atoms with Crippen LogP contribution < -0.4 is 9.47 Å². The number of fused-ring (bicyclic) bond motifs is 1. The van der Waals surface area contributed by atoms with Gasteiger partial charge >= 0.3 is 0 Å². The van der Waals surface area contributed by atoms with E-state index in [9.17, 15) is 0 Å². The average Bonchev–Trinajstić information content (AvgIpc) is 3.20. The second kappa shape index (κ2) is 7.89. The highest BCUT2D eigenvalue weighted by Crippen LogP contribution is 2.38. The Balaban J connectivity index is 1.62. The minimum Gasteiger partial charge on any atom is -0.491 e. The van der Waals surface area contributed by atoms with Gasteiger partial charge in [0.25, 0.3) is 0 Å². The van der Waals surface area contributed by atoms with Gasteiger partial charge in [-0.3, -0.25) is 0 Å². The van der Waals surface area contributed by atoms with Gasteiger partial charge in [0, 0.05) is 11.1 Å². The molecule has 2 aromatic carbocycles. The second-order valence-corrected chi connectivity index (χ2v) is 8.99. The topological polar surface area (TPSA) is 44.2 Å². The van der Waals surface area contributed by atoms with E-state index in [-0.39, 0.29) is 12.2 Å². The summed E-state index contributed by atoms with van der Waals surface area (Å²) in [5.41, 5.74) is 2.12. The van der Waals surface area contributed by atoms with E-state index in [0.717, 1.165) is 42.3 Å². The van der Waals surface area contributed by atoms with Crippen molar-refractivity contribution in [2.45, 2.75) is 39.9 Å². The minimum absolute atomic E-state index is 0.148. The Kier molecular flexibility index (Phi) is 5.33. The van der Waals surface area contributed by atoms with Gasteiger partial charge in [0.15, 0.2) is 9.66 Å². The molecule has 0 aliphatic rings. The van der Waals surface area contributed by atoms with Crippen LogP contribution in [0.3, 0.4) is 0 Å². The summed E-state index contributed by atoms with van der Waals surface area (Å²) in [6, 6.07) is 16.1. The van der Waals surface area contributed by atoms with E-state index < -0.39 is 0 Å². The van der Waals surface area contributed by atoms with E-state index in [1.807, 2.05) is 64.1 Å². The average molecular weight is 411 g/mol. The van der Waals surface area contributed by atoms with Crippen LogP contribution in [0.25, 0.3) is 30.8 Å². The quantitative estimate of drug-likeness (QED) is 0.356. The normalized spacial score (nSPS) is 11.5. The van der Waals surface area contributed by atoms with E-state index in [4.69, 9.17) is 19.4 Å². The maximum absolute atomic E-state index is 5.80. The first-order valence-corrected chi connectivity index (χ1v) is 10.9. The highest BCUT2D eigenvalue weighted by Gasteiger charge is 2.14. The third-order valence-electron chi connectivity index (χ3n) is 3.88. The Hall–Kier alpha value is -2.44. The van der Waals surface area contributed by atoms with Crippen LogP contribution in [0.4, 0.5) is 0 Å². The summed E-state index contributed by atoms with van der Waals surface area (Å²) in [6.07, 6.45) is 0.296. The zero-order valence-corrected chi connectivity index (χ0v) is 17.9. The fourth-order valence-electron chi connectivity index (χ4n) is 2.84. The number of nitrogens with zero attached hydrogens (tertiary/aromatic N) is 2. The lowest BCUT2D eigenvalue weighted by atomic mass is 10.2. The van der Waals surface area contributed by atoms with Crippen molar-refractivity contribution in [1.82, 2.24) is 9.97 Å². The molecule has 4 nitrogen and oxygen atoms in total. The highest BCUT2D eigenvalue weighted by molar-refractivity contribution is 7.29. The predicted molar refractivity (Wildman–Crippen MR) is 118 cm³/mol. The highest BCUT2D eigenvalue weighted by atomic mass is 32.1. The van der Waals surface area contributed by atoms with Crippen LogP contribution in [-0.4, -0.2) is 22.2 Å². The molecule has 0 saturated carbocycles. The molecule has 2 aromatic heterocycles. The molecule has 0 amide bonds. The van der Waals surface area contributed by atoms with Crippen LogP contribution in [0.5, 0.6) is 11.5 Å². The molecule has 0 N–H and O–H groups in total. The number of benzene rings is 2. The molecule has 0 bridgehead atoms. The van der Waals surface area contributed by atoms with E-state index in [0.29, 0.717) is 0 Å². The van der Waals surface area contributed by atoms with E-state index in [2.05, 4.69) is 12.1 Å². The minimum atomic E-state index is 0.148. The molecule has 0 saturated heterocycles. The summed E-state index contributed by atoms with van der Waals surface area (Å²) >= 11 is 3.22. The number of thiazole rings is 2. The lowest BCUT2D eigenvalue weighted by Gasteiger charge is -2.10. The van der Waals surface area contributed by atoms with Gasteiger partial charge in [0.1, 0.15) is 21.5 Å². The maximum Gasteiger partial charge on any atom is 0.155 e. The van der Waals surface area contributed by atoms with Gasteiger partial charge in [-0.1, -0.05) is 46.9 Å². The zero-order valence-electron chi connectivity index (χ0n) is 16.3. The molecule has 28 heavy (non-hydrogen) atoms. The summed E-state index contributed by atoms with van der Waals surface area (Å²) in [7, 11) is 0. The second-order valence-electron chi connectivity index (χ2n) is 7.04. The molecule has 0 radical (unpaired) electrons. The molecule has 0 unspecified atom stereocenters. The zero-order chi connectivity index (χ0) is 19.7. The van der Waals surface area contributed by atoms with Gasteiger partial charge in [-0.2, -0.15) is 0 Å². The molecule has 2 heterocycles. The first-order valence-electron chi connectivity index (χ1n) is 9.29. The Morgan fingerprint density at radius 3 is 1.50 bits per heavy atom. The monoisotopic (exact) mass is 410 g/mol. The van der Waals surface area contributed by atoms with Crippen LogP contribution >= 0.6 is 22.7 Å². The lowest BCUT2D eigenvalue weighted by Crippen LogP contribution is -2.05. The third-order valence-corrected chi connectivity index (χ3v) is 6.01. The van der Waals surface area contributed by atoms with Gasteiger partial charge in [-0.15, -0.1) is 0 Å². The first kappa shape index (κ1) is 18.9. The molecule has 4 rings (SSSR count). The number of hydrogen-bond acceptors (Lipinski definition) is 6. The number of hydrogen-bond donors (Lipinski definition) is 0. The molecule has 144 valence electrons. The SMILES string of the molecule is CC(C)Oc1cccc(-c2nc3sc(-c4cccc(OC(C)C)c4)nc3s2)c1. The Bertz CT molecular complexity index is 984. The van der Waals surface area contributed by atoms with Crippen LogP contribution in [0.2, 0.25) is 0 Å². The van der Waals surface area contributed by atoms with Gasteiger partial charge in [0.05, 0.1) is 12.2 Å².